The quantitative estimate of drug-likeness (QED) is 0.893. The zero-order valence-corrected chi connectivity index (χ0v) is 11.1. The highest BCUT2D eigenvalue weighted by Crippen LogP contribution is 2.28. The van der Waals surface area contributed by atoms with Crippen LogP contribution in [0.3, 0.4) is 0 Å². The maximum atomic E-state index is 9.17. The second kappa shape index (κ2) is 4.95. The lowest BCUT2D eigenvalue weighted by Crippen LogP contribution is -2.36. The smallest absolute Gasteiger partial charge is 0.0546 e. The van der Waals surface area contributed by atoms with Gasteiger partial charge < -0.3 is 10.4 Å². The number of hydrogen-bond acceptors (Lipinski definition) is 3. The molecule has 1 fully saturated rings. The van der Waals surface area contributed by atoms with Crippen LogP contribution < -0.4 is 5.32 Å². The fourth-order valence-corrected chi connectivity index (χ4v) is 3.34. The maximum absolute atomic E-state index is 9.17. The molecular formula is C11H16BrNOS. The fraction of sp³-hybridized carbons (Fsp3) is 0.636. The van der Waals surface area contributed by atoms with E-state index in [4.69, 9.17) is 0 Å². The molecule has 1 atom stereocenters. The number of halogens is 1. The van der Waals surface area contributed by atoms with Gasteiger partial charge in [-0.3, -0.25) is 0 Å². The van der Waals surface area contributed by atoms with E-state index in [0.29, 0.717) is 12.0 Å². The summed E-state index contributed by atoms with van der Waals surface area (Å²) < 4.78 is 1.16. The largest absolute Gasteiger partial charge is 0.393 e. The molecule has 0 aliphatic heterocycles. The second-order valence-electron chi connectivity index (χ2n) is 4.29. The molecule has 0 saturated heterocycles. The molecule has 1 saturated carbocycles. The Labute approximate surface area is 103 Å². The Hall–Kier alpha value is 0.1000. The zero-order chi connectivity index (χ0) is 10.8. The molecular weight excluding hydrogens is 274 g/mol. The van der Waals surface area contributed by atoms with Crippen LogP contribution in [0.25, 0.3) is 0 Å². The van der Waals surface area contributed by atoms with Gasteiger partial charge in [0, 0.05) is 20.8 Å². The first-order valence-corrected chi connectivity index (χ1v) is 6.98. The molecule has 0 amide bonds. The lowest BCUT2D eigenvalue weighted by atomic mass is 9.82. The van der Waals surface area contributed by atoms with Gasteiger partial charge >= 0.3 is 0 Å². The normalized spacial score (nSPS) is 27.4. The van der Waals surface area contributed by atoms with Crippen molar-refractivity contribution in [3.63, 3.8) is 0 Å². The molecule has 4 heteroatoms. The molecule has 1 unspecified atom stereocenters. The van der Waals surface area contributed by atoms with Crippen molar-refractivity contribution in [3.8, 4) is 0 Å². The molecule has 1 aromatic heterocycles. The summed E-state index contributed by atoms with van der Waals surface area (Å²) in [6.07, 6.45) is 1.89. The lowest BCUT2D eigenvalue weighted by molar-refractivity contribution is 0.0421. The van der Waals surface area contributed by atoms with Gasteiger partial charge in [-0.25, -0.2) is 0 Å². The van der Waals surface area contributed by atoms with Crippen molar-refractivity contribution >= 4 is 27.3 Å². The van der Waals surface area contributed by atoms with Crippen LogP contribution in [0.15, 0.2) is 15.9 Å². The number of aliphatic hydroxyl groups is 1. The van der Waals surface area contributed by atoms with Gasteiger partial charge in [0.25, 0.3) is 0 Å². The SMILES string of the molecule is CC(NCC1CC(O)C1)c1cc(Br)cs1. The van der Waals surface area contributed by atoms with E-state index in [-0.39, 0.29) is 6.10 Å². The van der Waals surface area contributed by atoms with Crippen molar-refractivity contribution < 1.29 is 5.11 Å². The van der Waals surface area contributed by atoms with Gasteiger partial charge in [-0.15, -0.1) is 11.3 Å². The van der Waals surface area contributed by atoms with E-state index in [1.807, 2.05) is 0 Å². The number of nitrogens with one attached hydrogen (secondary N) is 1. The second-order valence-corrected chi connectivity index (χ2v) is 6.15. The summed E-state index contributed by atoms with van der Waals surface area (Å²) in [5.41, 5.74) is 0. The van der Waals surface area contributed by atoms with Gasteiger partial charge in [-0.1, -0.05) is 0 Å². The number of aliphatic hydroxyl groups excluding tert-OH is 1. The molecule has 2 rings (SSSR count). The first kappa shape index (κ1) is 11.6. The predicted molar refractivity (Wildman–Crippen MR) is 67.2 cm³/mol. The minimum Gasteiger partial charge on any atom is -0.393 e. The Balaban J connectivity index is 1.75. The number of hydrogen-bond donors (Lipinski definition) is 2. The van der Waals surface area contributed by atoms with E-state index >= 15 is 0 Å². The van der Waals surface area contributed by atoms with Crippen LogP contribution in [0.2, 0.25) is 0 Å². The minimum absolute atomic E-state index is 0.0389. The molecule has 0 bridgehead atoms. The summed E-state index contributed by atoms with van der Waals surface area (Å²) in [4.78, 5) is 1.36. The standard InChI is InChI=1S/C11H16BrNOS/c1-7(11-4-9(12)6-15-11)13-5-8-2-10(14)3-8/h4,6-8,10,13-14H,2-3,5H2,1H3. The summed E-state index contributed by atoms with van der Waals surface area (Å²) in [7, 11) is 0. The van der Waals surface area contributed by atoms with Crippen LogP contribution in [0, 0.1) is 5.92 Å². The summed E-state index contributed by atoms with van der Waals surface area (Å²) in [5, 5.41) is 14.8. The third-order valence-corrected chi connectivity index (χ3v) is 4.81. The Morgan fingerprint density at radius 1 is 1.67 bits per heavy atom. The van der Waals surface area contributed by atoms with Crippen molar-refractivity contribution in [2.24, 2.45) is 5.92 Å². The highest BCUT2D eigenvalue weighted by atomic mass is 79.9. The van der Waals surface area contributed by atoms with E-state index < -0.39 is 0 Å². The van der Waals surface area contributed by atoms with Gasteiger partial charge in [0.2, 0.25) is 0 Å². The highest BCUT2D eigenvalue weighted by Gasteiger charge is 2.27. The Kier molecular flexibility index (Phi) is 3.83. The third-order valence-electron chi connectivity index (χ3n) is 2.94. The Morgan fingerprint density at radius 3 is 2.93 bits per heavy atom. The van der Waals surface area contributed by atoms with E-state index in [2.05, 4.69) is 39.6 Å². The summed E-state index contributed by atoms with van der Waals surface area (Å²) in [6, 6.07) is 2.58. The van der Waals surface area contributed by atoms with E-state index in [9.17, 15) is 5.11 Å². The minimum atomic E-state index is -0.0389. The maximum Gasteiger partial charge on any atom is 0.0546 e. The lowest BCUT2D eigenvalue weighted by Gasteiger charge is -2.32. The van der Waals surface area contributed by atoms with Crippen LogP contribution in [-0.2, 0) is 0 Å². The molecule has 2 nitrogen and oxygen atoms in total. The van der Waals surface area contributed by atoms with Crippen molar-refractivity contribution in [3.05, 3.63) is 20.8 Å². The number of rotatable bonds is 4. The van der Waals surface area contributed by atoms with Crippen molar-refractivity contribution in [2.75, 3.05) is 6.54 Å². The fourth-order valence-electron chi connectivity index (χ4n) is 1.87. The monoisotopic (exact) mass is 289 g/mol. The summed E-state index contributed by atoms with van der Waals surface area (Å²) in [5.74, 6) is 0.672. The molecule has 2 N–H and O–H groups in total. The molecule has 0 aromatic carbocycles. The highest BCUT2D eigenvalue weighted by molar-refractivity contribution is 9.10. The molecule has 1 aliphatic rings. The average Bonchev–Trinajstić information content (AvgIpc) is 2.57. The summed E-state index contributed by atoms with van der Waals surface area (Å²) in [6.45, 7) is 3.21. The van der Waals surface area contributed by atoms with Crippen LogP contribution in [0.4, 0.5) is 0 Å². The van der Waals surface area contributed by atoms with Crippen LogP contribution in [0.1, 0.15) is 30.7 Å². The van der Waals surface area contributed by atoms with Crippen molar-refractivity contribution in [2.45, 2.75) is 31.9 Å². The number of thiophene rings is 1. The van der Waals surface area contributed by atoms with Gasteiger partial charge in [-0.05, 0) is 54.2 Å². The topological polar surface area (TPSA) is 32.3 Å². The predicted octanol–water partition coefficient (Wildman–Crippen LogP) is 2.93. The van der Waals surface area contributed by atoms with Crippen LogP contribution in [0.5, 0.6) is 0 Å². The molecule has 1 aromatic rings. The van der Waals surface area contributed by atoms with Crippen molar-refractivity contribution in [1.29, 1.82) is 0 Å². The Bertz CT molecular complexity index is 322. The van der Waals surface area contributed by atoms with Crippen LogP contribution >= 0.6 is 27.3 Å². The molecule has 0 radical (unpaired) electrons. The van der Waals surface area contributed by atoms with Gasteiger partial charge in [0.1, 0.15) is 0 Å². The average molecular weight is 290 g/mol. The summed E-state index contributed by atoms with van der Waals surface area (Å²) >= 11 is 5.24. The molecule has 1 heterocycles. The molecule has 1 aliphatic carbocycles. The molecule has 0 spiro atoms. The van der Waals surface area contributed by atoms with E-state index in [1.54, 1.807) is 11.3 Å². The molecule has 15 heavy (non-hydrogen) atoms. The molecule has 84 valence electrons. The van der Waals surface area contributed by atoms with Gasteiger partial charge in [0.15, 0.2) is 0 Å². The zero-order valence-electron chi connectivity index (χ0n) is 8.74. The van der Waals surface area contributed by atoms with Crippen LogP contribution in [-0.4, -0.2) is 17.8 Å². The first-order chi connectivity index (χ1) is 7.15. The van der Waals surface area contributed by atoms with E-state index in [0.717, 1.165) is 23.9 Å². The third kappa shape index (κ3) is 3.03. The van der Waals surface area contributed by atoms with E-state index in [1.165, 1.54) is 4.88 Å². The van der Waals surface area contributed by atoms with Gasteiger partial charge in [0.05, 0.1) is 6.10 Å². The van der Waals surface area contributed by atoms with Crippen molar-refractivity contribution in [1.82, 2.24) is 5.32 Å². The van der Waals surface area contributed by atoms with Gasteiger partial charge in [-0.2, -0.15) is 0 Å². The first-order valence-electron chi connectivity index (χ1n) is 5.30. The Morgan fingerprint density at radius 2 is 2.40 bits per heavy atom.